The number of carboxylic acids is 1. The van der Waals surface area contributed by atoms with Crippen molar-refractivity contribution in [3.8, 4) is 0 Å². The molecule has 1 fully saturated rings. The molecule has 1 rings (SSSR count). The summed E-state index contributed by atoms with van der Waals surface area (Å²) in [6.45, 7) is 7.02. The molecule has 102 valence electrons. The van der Waals surface area contributed by atoms with Crippen LogP contribution in [0, 0.1) is 5.41 Å². The van der Waals surface area contributed by atoms with Crippen molar-refractivity contribution in [2.24, 2.45) is 5.41 Å². The van der Waals surface area contributed by atoms with Gasteiger partial charge < -0.3 is 15.7 Å². The molecular formula is C13H22N2O3. The summed E-state index contributed by atoms with van der Waals surface area (Å²) in [5.74, 6) is -1.18. The van der Waals surface area contributed by atoms with Gasteiger partial charge in [-0.3, -0.25) is 4.79 Å². The fourth-order valence-electron chi connectivity index (χ4n) is 2.32. The first-order valence-electron chi connectivity index (χ1n) is 6.41. The zero-order chi connectivity index (χ0) is 13.6. The van der Waals surface area contributed by atoms with Crippen molar-refractivity contribution in [3.63, 3.8) is 0 Å². The van der Waals surface area contributed by atoms with Gasteiger partial charge in [-0.15, -0.1) is 6.58 Å². The van der Waals surface area contributed by atoms with Crippen LogP contribution in [0.1, 0.15) is 32.6 Å². The zero-order valence-corrected chi connectivity index (χ0v) is 10.9. The first-order chi connectivity index (χ1) is 8.55. The zero-order valence-electron chi connectivity index (χ0n) is 10.9. The minimum Gasteiger partial charge on any atom is -0.480 e. The van der Waals surface area contributed by atoms with Crippen LogP contribution in [0.5, 0.6) is 0 Å². The fraction of sp³-hybridized carbons (Fsp3) is 0.692. The minimum atomic E-state index is -1.02. The molecule has 2 unspecified atom stereocenters. The molecule has 0 aromatic rings. The highest BCUT2D eigenvalue weighted by Gasteiger charge is 2.39. The van der Waals surface area contributed by atoms with Crippen molar-refractivity contribution in [1.82, 2.24) is 10.6 Å². The van der Waals surface area contributed by atoms with Gasteiger partial charge in [0.15, 0.2) is 0 Å². The fourth-order valence-corrected chi connectivity index (χ4v) is 2.32. The van der Waals surface area contributed by atoms with Crippen LogP contribution in [0.25, 0.3) is 0 Å². The minimum absolute atomic E-state index is 0.161. The summed E-state index contributed by atoms with van der Waals surface area (Å²) >= 11 is 0. The van der Waals surface area contributed by atoms with Crippen molar-refractivity contribution >= 4 is 11.9 Å². The standard InChI is InChI=1S/C13H22N2O3/c1-3-6-10(11(16)17)15-12(18)13(4-2)7-5-8-14-9-13/h3,10,14H,1,4-9H2,2H3,(H,15,18)(H,16,17). The third kappa shape index (κ3) is 3.32. The molecule has 0 aromatic heterocycles. The summed E-state index contributed by atoms with van der Waals surface area (Å²) in [6.07, 6.45) is 4.22. The second-order valence-corrected chi connectivity index (χ2v) is 4.80. The van der Waals surface area contributed by atoms with Crippen LogP contribution in [0.4, 0.5) is 0 Å². The van der Waals surface area contributed by atoms with Gasteiger partial charge in [0.25, 0.3) is 0 Å². The van der Waals surface area contributed by atoms with Crippen molar-refractivity contribution in [2.45, 2.75) is 38.6 Å². The maximum absolute atomic E-state index is 12.3. The highest BCUT2D eigenvalue weighted by Crippen LogP contribution is 2.30. The lowest BCUT2D eigenvalue weighted by Gasteiger charge is -2.36. The molecule has 0 spiro atoms. The van der Waals surface area contributed by atoms with Crippen molar-refractivity contribution < 1.29 is 14.7 Å². The van der Waals surface area contributed by atoms with E-state index in [1.54, 1.807) is 0 Å². The van der Waals surface area contributed by atoms with E-state index in [0.717, 1.165) is 19.4 Å². The second kappa shape index (κ2) is 6.54. The van der Waals surface area contributed by atoms with E-state index in [1.165, 1.54) is 6.08 Å². The van der Waals surface area contributed by atoms with Crippen molar-refractivity contribution in [2.75, 3.05) is 13.1 Å². The lowest BCUT2D eigenvalue weighted by atomic mass is 9.77. The number of nitrogens with one attached hydrogen (secondary N) is 2. The Morgan fingerprint density at radius 1 is 1.61 bits per heavy atom. The average molecular weight is 254 g/mol. The van der Waals surface area contributed by atoms with Crippen LogP contribution in [0.15, 0.2) is 12.7 Å². The molecule has 0 bridgehead atoms. The van der Waals surface area contributed by atoms with E-state index in [4.69, 9.17) is 5.11 Å². The largest absolute Gasteiger partial charge is 0.480 e. The maximum Gasteiger partial charge on any atom is 0.326 e. The quantitative estimate of drug-likeness (QED) is 0.616. The molecule has 0 radical (unpaired) electrons. The third-order valence-corrected chi connectivity index (χ3v) is 3.64. The average Bonchev–Trinajstić information content (AvgIpc) is 2.38. The molecule has 1 aliphatic heterocycles. The Labute approximate surface area is 108 Å². The number of carbonyl (C=O) groups excluding carboxylic acids is 1. The number of carboxylic acid groups (broad SMARTS) is 1. The summed E-state index contributed by atoms with van der Waals surface area (Å²) in [5, 5.41) is 14.9. The molecule has 0 aromatic carbocycles. The normalized spacial score (nSPS) is 25.2. The van der Waals surface area contributed by atoms with E-state index in [1.807, 2.05) is 6.92 Å². The number of carbonyl (C=O) groups is 2. The number of hydrogen-bond acceptors (Lipinski definition) is 3. The lowest BCUT2D eigenvalue weighted by molar-refractivity contribution is -0.144. The Balaban J connectivity index is 2.71. The van der Waals surface area contributed by atoms with Crippen LogP contribution in [0.2, 0.25) is 0 Å². The molecule has 0 aliphatic carbocycles. The monoisotopic (exact) mass is 254 g/mol. The topological polar surface area (TPSA) is 78.4 Å². The summed E-state index contributed by atoms with van der Waals surface area (Å²) in [6, 6.07) is -0.875. The van der Waals surface area contributed by atoms with Crippen LogP contribution in [-0.2, 0) is 9.59 Å². The van der Waals surface area contributed by atoms with E-state index in [-0.39, 0.29) is 12.3 Å². The Bertz CT molecular complexity index is 322. The van der Waals surface area contributed by atoms with Gasteiger partial charge in [0.05, 0.1) is 5.41 Å². The molecule has 3 N–H and O–H groups in total. The van der Waals surface area contributed by atoms with E-state index in [2.05, 4.69) is 17.2 Å². The van der Waals surface area contributed by atoms with Crippen molar-refractivity contribution in [3.05, 3.63) is 12.7 Å². The summed E-state index contributed by atoms with van der Waals surface area (Å²) in [5.41, 5.74) is -0.465. The van der Waals surface area contributed by atoms with E-state index >= 15 is 0 Å². The van der Waals surface area contributed by atoms with E-state index in [9.17, 15) is 9.59 Å². The van der Waals surface area contributed by atoms with E-state index < -0.39 is 17.4 Å². The Morgan fingerprint density at radius 2 is 2.33 bits per heavy atom. The van der Waals surface area contributed by atoms with Gasteiger partial charge in [-0.2, -0.15) is 0 Å². The number of piperidine rings is 1. The molecule has 1 aliphatic rings. The molecule has 5 nitrogen and oxygen atoms in total. The van der Waals surface area contributed by atoms with Gasteiger partial charge in [-0.1, -0.05) is 13.0 Å². The van der Waals surface area contributed by atoms with Gasteiger partial charge in [0, 0.05) is 6.54 Å². The first kappa shape index (κ1) is 14.7. The third-order valence-electron chi connectivity index (χ3n) is 3.64. The van der Waals surface area contributed by atoms with Crippen LogP contribution >= 0.6 is 0 Å². The predicted molar refractivity (Wildman–Crippen MR) is 69.2 cm³/mol. The molecule has 18 heavy (non-hydrogen) atoms. The van der Waals surface area contributed by atoms with Gasteiger partial charge in [-0.05, 0) is 32.2 Å². The van der Waals surface area contributed by atoms with Crippen molar-refractivity contribution in [1.29, 1.82) is 0 Å². The first-order valence-corrected chi connectivity index (χ1v) is 6.41. The number of amides is 1. The van der Waals surface area contributed by atoms with Crippen LogP contribution < -0.4 is 10.6 Å². The Morgan fingerprint density at radius 3 is 2.78 bits per heavy atom. The molecular weight excluding hydrogens is 232 g/mol. The van der Waals surface area contributed by atoms with Gasteiger partial charge in [-0.25, -0.2) is 4.79 Å². The number of hydrogen-bond donors (Lipinski definition) is 3. The lowest BCUT2D eigenvalue weighted by Crippen LogP contribution is -2.53. The van der Waals surface area contributed by atoms with Gasteiger partial charge in [0.1, 0.15) is 6.04 Å². The van der Waals surface area contributed by atoms with Crippen LogP contribution in [-0.4, -0.2) is 36.1 Å². The summed E-state index contributed by atoms with van der Waals surface area (Å²) < 4.78 is 0. The molecule has 2 atom stereocenters. The van der Waals surface area contributed by atoms with E-state index in [0.29, 0.717) is 13.0 Å². The summed E-state index contributed by atoms with van der Waals surface area (Å²) in [4.78, 5) is 23.3. The van der Waals surface area contributed by atoms with Gasteiger partial charge >= 0.3 is 5.97 Å². The molecule has 0 saturated carbocycles. The highest BCUT2D eigenvalue weighted by molar-refractivity contribution is 5.87. The summed E-state index contributed by atoms with van der Waals surface area (Å²) in [7, 11) is 0. The Kier molecular flexibility index (Phi) is 5.34. The number of aliphatic carboxylic acids is 1. The highest BCUT2D eigenvalue weighted by atomic mass is 16.4. The molecule has 5 heteroatoms. The number of rotatable bonds is 6. The predicted octanol–water partition coefficient (Wildman–Crippen LogP) is 0.912. The maximum atomic E-state index is 12.3. The van der Waals surface area contributed by atoms with Crippen LogP contribution in [0.3, 0.4) is 0 Å². The molecule has 1 heterocycles. The second-order valence-electron chi connectivity index (χ2n) is 4.80. The molecule has 1 amide bonds. The smallest absolute Gasteiger partial charge is 0.326 e. The Hall–Kier alpha value is -1.36. The SMILES string of the molecule is C=CCC(NC(=O)C1(CC)CCCNC1)C(=O)O. The molecule has 1 saturated heterocycles. The van der Waals surface area contributed by atoms with Gasteiger partial charge in [0.2, 0.25) is 5.91 Å².